The summed E-state index contributed by atoms with van der Waals surface area (Å²) in [5.74, 6) is 0.928. The third kappa shape index (κ3) is 1.62. The average molecular weight is 251 g/mol. The van der Waals surface area contributed by atoms with Crippen molar-refractivity contribution in [3.8, 4) is 5.75 Å². The normalized spacial score (nSPS) is 14.0. The van der Waals surface area contributed by atoms with Crippen molar-refractivity contribution in [2.24, 2.45) is 0 Å². The van der Waals surface area contributed by atoms with Crippen molar-refractivity contribution < 1.29 is 4.74 Å². The van der Waals surface area contributed by atoms with Crippen molar-refractivity contribution in [3.63, 3.8) is 0 Å². The molecule has 72 valence electrons. The molecule has 1 aliphatic rings. The second-order valence-electron chi connectivity index (χ2n) is 3.40. The first-order chi connectivity index (χ1) is 6.68. The number of benzene rings is 1. The predicted octanol–water partition coefficient (Wildman–Crippen LogP) is 3.80. The van der Waals surface area contributed by atoms with E-state index in [0.717, 1.165) is 26.9 Å². The van der Waals surface area contributed by atoms with E-state index in [1.165, 1.54) is 0 Å². The minimum Gasteiger partial charge on any atom is -0.487 e. The highest BCUT2D eigenvalue weighted by Gasteiger charge is 2.13. The number of fused-ring (bicyclic) bond motifs is 1. The Bertz CT molecular complexity index is 418. The van der Waals surface area contributed by atoms with E-state index in [9.17, 15) is 0 Å². The van der Waals surface area contributed by atoms with Gasteiger partial charge in [0.25, 0.3) is 0 Å². The van der Waals surface area contributed by atoms with E-state index in [-0.39, 0.29) is 0 Å². The zero-order chi connectivity index (χ0) is 10.1. The lowest BCUT2D eigenvalue weighted by molar-refractivity contribution is 0.347. The average Bonchev–Trinajstić information content (AvgIpc) is 2.17. The highest BCUT2D eigenvalue weighted by atomic mass is 79.9. The second kappa shape index (κ2) is 3.62. The predicted molar refractivity (Wildman–Crippen MR) is 62.4 cm³/mol. The van der Waals surface area contributed by atoms with Gasteiger partial charge in [-0.25, -0.2) is 0 Å². The van der Waals surface area contributed by atoms with Crippen LogP contribution in [0.4, 0.5) is 0 Å². The highest BCUT2D eigenvalue weighted by Crippen LogP contribution is 2.34. The molecule has 0 saturated carbocycles. The second-order valence-corrected chi connectivity index (χ2v) is 4.25. The van der Waals surface area contributed by atoms with Crippen LogP contribution in [0.1, 0.15) is 12.5 Å². The van der Waals surface area contributed by atoms with E-state index in [1.54, 1.807) is 0 Å². The molecule has 0 aromatic heterocycles. The van der Waals surface area contributed by atoms with Gasteiger partial charge < -0.3 is 4.74 Å². The fourth-order valence-corrected chi connectivity index (χ4v) is 1.91. The molecule has 1 nitrogen and oxygen atoms in total. The zero-order valence-electron chi connectivity index (χ0n) is 8.01. The fourth-order valence-electron chi connectivity index (χ4n) is 1.42. The van der Waals surface area contributed by atoms with Crippen LogP contribution in [0.15, 0.2) is 40.4 Å². The maximum absolute atomic E-state index is 5.65. The Balaban J connectivity index is 2.50. The van der Waals surface area contributed by atoms with E-state index in [4.69, 9.17) is 4.74 Å². The van der Waals surface area contributed by atoms with Crippen LogP contribution >= 0.6 is 15.9 Å². The van der Waals surface area contributed by atoms with Crippen LogP contribution in [0.3, 0.4) is 0 Å². The lowest BCUT2D eigenvalue weighted by Gasteiger charge is -2.18. The number of rotatable bonds is 1. The summed E-state index contributed by atoms with van der Waals surface area (Å²) in [5, 5.41) is 0. The van der Waals surface area contributed by atoms with Crippen LogP contribution in [0.2, 0.25) is 0 Å². The molecule has 1 heterocycles. The van der Waals surface area contributed by atoms with Crippen LogP contribution in [0, 0.1) is 0 Å². The SMILES string of the molecule is C=C(C)C1=Cc2cccc(Br)c2OC1. The molecule has 0 atom stereocenters. The van der Waals surface area contributed by atoms with Gasteiger partial charge in [-0.15, -0.1) is 0 Å². The van der Waals surface area contributed by atoms with Gasteiger partial charge in [-0.3, -0.25) is 0 Å². The van der Waals surface area contributed by atoms with Gasteiger partial charge in [0.15, 0.2) is 0 Å². The number of hydrogen-bond donors (Lipinski definition) is 0. The fraction of sp³-hybridized carbons (Fsp3) is 0.167. The summed E-state index contributed by atoms with van der Waals surface area (Å²) >= 11 is 3.46. The highest BCUT2D eigenvalue weighted by molar-refractivity contribution is 9.10. The molecule has 2 rings (SSSR count). The van der Waals surface area contributed by atoms with Crippen molar-refractivity contribution in [1.82, 2.24) is 0 Å². The summed E-state index contributed by atoms with van der Waals surface area (Å²) in [4.78, 5) is 0. The molecule has 0 saturated heterocycles. The van der Waals surface area contributed by atoms with E-state index < -0.39 is 0 Å². The van der Waals surface area contributed by atoms with Crippen molar-refractivity contribution in [2.75, 3.05) is 6.61 Å². The molecular weight excluding hydrogens is 240 g/mol. The van der Waals surface area contributed by atoms with Gasteiger partial charge in [-0.1, -0.05) is 24.3 Å². The Morgan fingerprint density at radius 1 is 1.50 bits per heavy atom. The number of halogens is 1. The van der Waals surface area contributed by atoms with E-state index in [1.807, 2.05) is 25.1 Å². The summed E-state index contributed by atoms with van der Waals surface area (Å²) in [6, 6.07) is 6.03. The van der Waals surface area contributed by atoms with E-state index >= 15 is 0 Å². The Kier molecular flexibility index (Phi) is 2.46. The van der Waals surface area contributed by atoms with Gasteiger partial charge in [0, 0.05) is 5.56 Å². The number of para-hydroxylation sites is 1. The Morgan fingerprint density at radius 2 is 2.29 bits per heavy atom. The van der Waals surface area contributed by atoms with Crippen LogP contribution in [-0.4, -0.2) is 6.61 Å². The van der Waals surface area contributed by atoms with Gasteiger partial charge in [0.05, 0.1) is 4.47 Å². The smallest absolute Gasteiger partial charge is 0.141 e. The number of hydrogen-bond acceptors (Lipinski definition) is 1. The zero-order valence-corrected chi connectivity index (χ0v) is 9.60. The molecule has 1 aromatic carbocycles. The molecule has 0 N–H and O–H groups in total. The largest absolute Gasteiger partial charge is 0.487 e. The molecule has 0 aliphatic carbocycles. The number of ether oxygens (including phenoxy) is 1. The topological polar surface area (TPSA) is 9.23 Å². The maximum atomic E-state index is 5.65. The summed E-state index contributed by atoms with van der Waals surface area (Å²) in [7, 11) is 0. The lowest BCUT2D eigenvalue weighted by atomic mass is 10.0. The Labute approximate surface area is 92.2 Å². The summed E-state index contributed by atoms with van der Waals surface area (Å²) in [5.41, 5.74) is 3.34. The molecule has 0 unspecified atom stereocenters. The summed E-state index contributed by atoms with van der Waals surface area (Å²) in [6.45, 7) is 6.53. The molecular formula is C12H11BrO. The van der Waals surface area contributed by atoms with Gasteiger partial charge in [0.1, 0.15) is 12.4 Å². The monoisotopic (exact) mass is 250 g/mol. The third-order valence-corrected chi connectivity index (χ3v) is 2.87. The first-order valence-corrected chi connectivity index (χ1v) is 5.25. The molecule has 0 spiro atoms. The van der Waals surface area contributed by atoms with Crippen LogP contribution in [-0.2, 0) is 0 Å². The van der Waals surface area contributed by atoms with Crippen molar-refractivity contribution in [1.29, 1.82) is 0 Å². The standard InChI is InChI=1S/C12H11BrO/c1-8(2)10-6-9-4-3-5-11(13)12(9)14-7-10/h3-6H,1,7H2,2H3. The van der Waals surface area contributed by atoms with Gasteiger partial charge >= 0.3 is 0 Å². The van der Waals surface area contributed by atoms with E-state index in [2.05, 4.69) is 28.6 Å². The van der Waals surface area contributed by atoms with Crippen LogP contribution in [0.25, 0.3) is 6.08 Å². The van der Waals surface area contributed by atoms with Crippen LogP contribution < -0.4 is 4.74 Å². The first kappa shape index (κ1) is 9.53. The molecule has 0 amide bonds. The van der Waals surface area contributed by atoms with Crippen molar-refractivity contribution in [3.05, 3.63) is 46.0 Å². The third-order valence-electron chi connectivity index (χ3n) is 2.25. The minimum absolute atomic E-state index is 0.616. The summed E-state index contributed by atoms with van der Waals surface area (Å²) in [6.07, 6.45) is 2.13. The molecule has 14 heavy (non-hydrogen) atoms. The molecule has 2 heteroatoms. The molecule has 0 fully saturated rings. The van der Waals surface area contributed by atoms with Gasteiger partial charge in [0.2, 0.25) is 0 Å². The van der Waals surface area contributed by atoms with Crippen molar-refractivity contribution >= 4 is 22.0 Å². The molecule has 0 bridgehead atoms. The Morgan fingerprint density at radius 3 is 3.00 bits per heavy atom. The first-order valence-electron chi connectivity index (χ1n) is 4.46. The molecule has 1 aromatic rings. The summed E-state index contributed by atoms with van der Waals surface area (Å²) < 4.78 is 6.66. The molecule has 0 radical (unpaired) electrons. The molecule has 1 aliphatic heterocycles. The minimum atomic E-state index is 0.616. The lowest BCUT2D eigenvalue weighted by Crippen LogP contribution is -2.08. The maximum Gasteiger partial charge on any atom is 0.141 e. The van der Waals surface area contributed by atoms with Crippen LogP contribution in [0.5, 0.6) is 5.75 Å². The van der Waals surface area contributed by atoms with Gasteiger partial charge in [-0.05, 0) is 40.6 Å². The van der Waals surface area contributed by atoms with Gasteiger partial charge in [-0.2, -0.15) is 0 Å². The Hall–Kier alpha value is -1.02. The van der Waals surface area contributed by atoms with E-state index in [0.29, 0.717) is 6.61 Å². The quantitative estimate of drug-likeness (QED) is 0.737. The van der Waals surface area contributed by atoms with Crippen molar-refractivity contribution in [2.45, 2.75) is 6.92 Å².